The fraction of sp³-hybridized carbons (Fsp3) is 0.667. The van der Waals surface area contributed by atoms with Crippen molar-refractivity contribution in [3.8, 4) is 0 Å². The van der Waals surface area contributed by atoms with E-state index in [9.17, 15) is 9.90 Å². The molecule has 1 atom stereocenters. The van der Waals surface area contributed by atoms with Gasteiger partial charge in [0.1, 0.15) is 0 Å². The Balaban J connectivity index is -0.000000163. The summed E-state index contributed by atoms with van der Waals surface area (Å²) in [5.74, 6) is -1.19. The Morgan fingerprint density at radius 2 is 1.57 bits per heavy atom. The van der Waals surface area contributed by atoms with Crippen molar-refractivity contribution < 1.29 is 19.5 Å². The molecule has 0 aromatic rings. The minimum Gasteiger partial charge on any atom is -0.545 e. The van der Waals surface area contributed by atoms with Crippen molar-refractivity contribution in [3.05, 3.63) is 12.2 Å². The lowest BCUT2D eigenvalue weighted by Crippen LogP contribution is -2.42. The van der Waals surface area contributed by atoms with Gasteiger partial charge in [-0.2, -0.15) is 0 Å². The van der Waals surface area contributed by atoms with E-state index in [1.165, 1.54) is 6.92 Å². The van der Waals surface area contributed by atoms with Crippen molar-refractivity contribution in [2.45, 2.75) is 20.1 Å². The SMILES string of the molecule is C=C(C)C(=O)[O-].CC(O)[N+](C)(C)C.Cl. The number of quaternary nitrogens is 1. The number of aliphatic carboxylic acids is 1. The predicted octanol–water partition coefficient (Wildman–Crippen LogP) is -0.235. The van der Waals surface area contributed by atoms with Crippen LogP contribution in [0, 0.1) is 0 Å². The number of rotatable bonds is 2. The number of nitrogens with zero attached hydrogens (tertiary/aromatic N) is 1. The van der Waals surface area contributed by atoms with Gasteiger partial charge in [0.05, 0.1) is 27.1 Å². The van der Waals surface area contributed by atoms with E-state index in [1.807, 2.05) is 21.1 Å². The summed E-state index contributed by atoms with van der Waals surface area (Å²) in [6.07, 6.45) is -0.264. The second kappa shape index (κ2) is 7.79. The topological polar surface area (TPSA) is 60.4 Å². The van der Waals surface area contributed by atoms with Crippen LogP contribution in [0.2, 0.25) is 0 Å². The fourth-order valence-corrected chi connectivity index (χ4v) is 0. The van der Waals surface area contributed by atoms with Crippen molar-refractivity contribution in [1.29, 1.82) is 0 Å². The van der Waals surface area contributed by atoms with E-state index >= 15 is 0 Å². The monoisotopic (exact) mass is 225 g/mol. The third kappa shape index (κ3) is 14.0. The molecule has 0 saturated heterocycles. The molecule has 1 unspecified atom stereocenters. The van der Waals surface area contributed by atoms with Crippen molar-refractivity contribution in [1.82, 2.24) is 0 Å². The molecule has 0 aliphatic heterocycles. The molecule has 0 aromatic heterocycles. The zero-order valence-corrected chi connectivity index (χ0v) is 10.2. The molecule has 5 heteroatoms. The highest BCUT2D eigenvalue weighted by Crippen LogP contribution is 1.94. The van der Waals surface area contributed by atoms with Gasteiger partial charge >= 0.3 is 0 Å². The standard InChI is InChI=1S/C5H14NO.C4H6O2.ClH/c1-5(7)6(2,3)4;1-3(2)4(5)6;/h5,7H,1-4H3;1H2,2H3,(H,5,6);1H/q+1;;/p-1. The summed E-state index contributed by atoms with van der Waals surface area (Å²) in [6, 6.07) is 0. The average molecular weight is 226 g/mol. The van der Waals surface area contributed by atoms with Gasteiger partial charge in [-0.3, -0.25) is 0 Å². The Hall–Kier alpha value is -0.580. The van der Waals surface area contributed by atoms with Crippen LogP contribution in [0.1, 0.15) is 13.8 Å². The maximum absolute atomic E-state index is 9.49. The van der Waals surface area contributed by atoms with Crippen LogP contribution in [0.4, 0.5) is 0 Å². The number of aliphatic hydroxyl groups excluding tert-OH is 1. The van der Waals surface area contributed by atoms with Gasteiger partial charge in [-0.05, 0) is 12.5 Å². The second-order valence-corrected chi connectivity index (χ2v) is 3.82. The summed E-state index contributed by atoms with van der Waals surface area (Å²) in [5, 5.41) is 18.3. The Kier molecular flexibility index (Phi) is 10.6. The molecule has 0 spiro atoms. The van der Waals surface area contributed by atoms with E-state index in [-0.39, 0.29) is 24.2 Å². The molecule has 0 aliphatic rings. The molecule has 4 nitrogen and oxygen atoms in total. The maximum atomic E-state index is 9.49. The quantitative estimate of drug-likeness (QED) is 0.401. The molecule has 0 aliphatic carbocycles. The van der Waals surface area contributed by atoms with Gasteiger partial charge in [0, 0.05) is 6.92 Å². The summed E-state index contributed by atoms with van der Waals surface area (Å²) in [4.78, 5) is 9.49. The van der Waals surface area contributed by atoms with Crippen molar-refractivity contribution in [2.75, 3.05) is 21.1 Å². The van der Waals surface area contributed by atoms with Crippen LogP contribution >= 0.6 is 12.4 Å². The number of halogens is 1. The number of hydrogen-bond acceptors (Lipinski definition) is 3. The fourth-order valence-electron chi connectivity index (χ4n) is 0. The van der Waals surface area contributed by atoms with Gasteiger partial charge in [-0.1, -0.05) is 6.58 Å². The van der Waals surface area contributed by atoms with E-state index in [1.54, 1.807) is 6.92 Å². The van der Waals surface area contributed by atoms with Crippen molar-refractivity contribution in [2.24, 2.45) is 0 Å². The molecule has 0 heterocycles. The molecule has 0 rings (SSSR count). The Morgan fingerprint density at radius 3 is 1.57 bits per heavy atom. The molecule has 0 radical (unpaired) electrons. The third-order valence-corrected chi connectivity index (χ3v) is 1.47. The summed E-state index contributed by atoms with van der Waals surface area (Å²) < 4.78 is 0.611. The highest BCUT2D eigenvalue weighted by Gasteiger charge is 2.12. The minimum atomic E-state index is -1.19. The largest absolute Gasteiger partial charge is 0.545 e. The van der Waals surface area contributed by atoms with E-state index in [0.29, 0.717) is 4.48 Å². The molecular weight excluding hydrogens is 206 g/mol. The molecule has 1 N–H and O–H groups in total. The number of carbonyl (C=O) groups is 1. The van der Waals surface area contributed by atoms with Gasteiger partial charge in [-0.15, -0.1) is 12.4 Å². The summed E-state index contributed by atoms with van der Waals surface area (Å²) in [5.41, 5.74) is 0.0648. The first-order valence-corrected chi connectivity index (χ1v) is 3.95. The summed E-state index contributed by atoms with van der Waals surface area (Å²) >= 11 is 0. The summed E-state index contributed by atoms with van der Waals surface area (Å²) in [7, 11) is 5.85. The van der Waals surface area contributed by atoms with Crippen LogP contribution in [0.3, 0.4) is 0 Å². The summed E-state index contributed by atoms with van der Waals surface area (Å²) in [6.45, 7) is 6.25. The molecule has 0 bridgehead atoms. The molecule has 86 valence electrons. The van der Waals surface area contributed by atoms with Crippen LogP contribution in [-0.4, -0.2) is 42.9 Å². The maximum Gasteiger partial charge on any atom is 0.187 e. The van der Waals surface area contributed by atoms with Crippen molar-refractivity contribution in [3.63, 3.8) is 0 Å². The predicted molar refractivity (Wildman–Crippen MR) is 56.8 cm³/mol. The normalized spacial score (nSPS) is 11.6. The first-order chi connectivity index (χ1) is 5.59. The first kappa shape index (κ1) is 19.1. The van der Waals surface area contributed by atoms with E-state index < -0.39 is 5.97 Å². The Labute approximate surface area is 91.8 Å². The highest BCUT2D eigenvalue weighted by molar-refractivity contribution is 5.85. The molecule has 0 fully saturated rings. The smallest absolute Gasteiger partial charge is 0.187 e. The van der Waals surface area contributed by atoms with Gasteiger partial charge in [-0.25, -0.2) is 0 Å². The third-order valence-electron chi connectivity index (χ3n) is 1.47. The van der Waals surface area contributed by atoms with E-state index in [2.05, 4.69) is 6.58 Å². The van der Waals surface area contributed by atoms with Crippen LogP contribution in [0.15, 0.2) is 12.2 Å². The number of carbonyl (C=O) groups excluding carboxylic acids is 1. The first-order valence-electron chi connectivity index (χ1n) is 3.95. The zero-order valence-electron chi connectivity index (χ0n) is 9.40. The second-order valence-electron chi connectivity index (χ2n) is 3.82. The van der Waals surface area contributed by atoms with Gasteiger partial charge in [0.25, 0.3) is 0 Å². The number of carboxylic acid groups (broad SMARTS) is 1. The zero-order chi connectivity index (χ0) is 11.2. The van der Waals surface area contributed by atoms with Gasteiger partial charge in [0.2, 0.25) is 0 Å². The van der Waals surface area contributed by atoms with Crippen molar-refractivity contribution >= 4 is 18.4 Å². The van der Waals surface area contributed by atoms with E-state index in [4.69, 9.17) is 5.11 Å². The van der Waals surface area contributed by atoms with Crippen LogP contribution < -0.4 is 5.11 Å². The number of carboxylic acids is 1. The molecule has 0 amide bonds. The van der Waals surface area contributed by atoms with Gasteiger partial charge in [0.15, 0.2) is 6.23 Å². The highest BCUT2D eigenvalue weighted by atomic mass is 35.5. The van der Waals surface area contributed by atoms with Crippen LogP contribution in [0.5, 0.6) is 0 Å². The van der Waals surface area contributed by atoms with E-state index in [0.717, 1.165) is 0 Å². The lowest BCUT2D eigenvalue weighted by Gasteiger charge is -2.26. The van der Waals surface area contributed by atoms with Crippen LogP contribution in [-0.2, 0) is 4.79 Å². The Bertz CT molecular complexity index is 173. The molecule has 14 heavy (non-hydrogen) atoms. The average Bonchev–Trinajstić information content (AvgIpc) is 1.86. The van der Waals surface area contributed by atoms with Gasteiger partial charge < -0.3 is 19.5 Å². The molecular formula is C9H20ClNO3. The minimum absolute atomic E-state index is 0. The Morgan fingerprint density at radius 1 is 1.43 bits per heavy atom. The lowest BCUT2D eigenvalue weighted by molar-refractivity contribution is -0.916. The number of hydrogen-bond donors (Lipinski definition) is 1. The molecule has 0 saturated carbocycles. The lowest BCUT2D eigenvalue weighted by atomic mass is 10.4. The van der Waals surface area contributed by atoms with Crippen LogP contribution in [0.25, 0.3) is 0 Å². The molecule has 0 aromatic carbocycles. The number of aliphatic hydroxyl groups is 1.